The van der Waals surface area contributed by atoms with Crippen LogP contribution in [0.3, 0.4) is 0 Å². The molecule has 10 nitrogen and oxygen atoms in total. The molecule has 2 fully saturated rings. The molecular weight excluding hydrogens is 534 g/mol. The van der Waals surface area contributed by atoms with Crippen LogP contribution in [0.15, 0.2) is 36.5 Å². The Morgan fingerprint density at radius 2 is 1.88 bits per heavy atom. The molecule has 0 aliphatic carbocycles. The number of hydrogen-bond donors (Lipinski definition) is 4. The highest BCUT2D eigenvalue weighted by atomic mass is 16.5. The van der Waals surface area contributed by atoms with Crippen LogP contribution >= 0.6 is 0 Å². The third kappa shape index (κ3) is 10.2. The first-order valence-corrected chi connectivity index (χ1v) is 15.2. The molecule has 5 unspecified atom stereocenters. The van der Waals surface area contributed by atoms with Gasteiger partial charge in [-0.1, -0.05) is 51.8 Å². The summed E-state index contributed by atoms with van der Waals surface area (Å²) in [6, 6.07) is 6.38. The van der Waals surface area contributed by atoms with E-state index < -0.39 is 18.0 Å². The number of carbonyl (C=O) groups excluding carboxylic acids is 4. The van der Waals surface area contributed by atoms with Gasteiger partial charge in [-0.25, -0.2) is 0 Å². The second kappa shape index (κ2) is 18.3. The van der Waals surface area contributed by atoms with E-state index in [1.54, 1.807) is 18.2 Å². The summed E-state index contributed by atoms with van der Waals surface area (Å²) in [6.07, 6.45) is 7.08. The minimum Gasteiger partial charge on any atom is -0.384 e. The lowest BCUT2D eigenvalue weighted by molar-refractivity contribution is -0.142. The van der Waals surface area contributed by atoms with Crippen molar-refractivity contribution in [2.75, 3.05) is 26.1 Å². The zero-order valence-corrected chi connectivity index (χ0v) is 26.0. The number of nitrogens with zero attached hydrogens (tertiary/aromatic N) is 1. The van der Waals surface area contributed by atoms with Crippen molar-refractivity contribution in [3.05, 3.63) is 42.1 Å². The molecule has 0 aromatic heterocycles. The number of amides is 3. The van der Waals surface area contributed by atoms with Crippen LogP contribution in [0.5, 0.6) is 0 Å². The highest BCUT2D eigenvalue weighted by molar-refractivity contribution is 5.94. The van der Waals surface area contributed by atoms with Crippen molar-refractivity contribution in [1.82, 2.24) is 20.9 Å². The molecule has 0 spiro atoms. The van der Waals surface area contributed by atoms with E-state index in [0.717, 1.165) is 36.9 Å². The lowest BCUT2D eigenvalue weighted by atomic mass is 9.98. The van der Waals surface area contributed by atoms with Gasteiger partial charge >= 0.3 is 0 Å². The van der Waals surface area contributed by atoms with Gasteiger partial charge in [0.2, 0.25) is 17.7 Å². The molecule has 1 aromatic rings. The van der Waals surface area contributed by atoms with Gasteiger partial charge in [0.15, 0.2) is 0 Å². The summed E-state index contributed by atoms with van der Waals surface area (Å²) in [6.45, 7) is 10.7. The Morgan fingerprint density at radius 1 is 1.17 bits per heavy atom. The summed E-state index contributed by atoms with van der Waals surface area (Å²) in [5.41, 5.74) is 2.15. The van der Waals surface area contributed by atoms with Gasteiger partial charge in [0, 0.05) is 43.5 Å². The minimum absolute atomic E-state index is 0.0214. The predicted molar refractivity (Wildman–Crippen MR) is 166 cm³/mol. The molecule has 0 saturated carbocycles. The maximum Gasteiger partial charge on any atom is 0.245 e. The van der Waals surface area contributed by atoms with Gasteiger partial charge in [-0.05, 0) is 57.4 Å². The standard InChI is InChI=1S/C29H43N5O5.C3H8/c1-19(30-3)20(2)32-25-11-6-5-10-24-12-13-26(34(24)29(25)38)28(37)31-17-21-8-7-9-23(16-21)33-27(36)22(14-15-35)18-39-4;1-3-2/h7-9,15-16,19,22,24-26,30,32H,2,5-6,10-14,17-18H2,1,3-4H3,(H,31,37)(H,33,36);3H2,1-2H3. The van der Waals surface area contributed by atoms with Gasteiger partial charge in [-0.2, -0.15) is 0 Å². The van der Waals surface area contributed by atoms with Gasteiger partial charge in [0.25, 0.3) is 0 Å². The molecule has 1 aromatic carbocycles. The number of methoxy groups -OCH3 is 1. The molecule has 4 N–H and O–H groups in total. The van der Waals surface area contributed by atoms with Gasteiger partial charge in [0.1, 0.15) is 18.4 Å². The average Bonchev–Trinajstić information content (AvgIpc) is 3.39. The Hall–Kier alpha value is -3.24. The van der Waals surface area contributed by atoms with Crippen LogP contribution in [-0.2, 0) is 30.5 Å². The number of rotatable bonds is 13. The summed E-state index contributed by atoms with van der Waals surface area (Å²) >= 11 is 0. The lowest BCUT2D eigenvalue weighted by Crippen LogP contribution is -2.56. The van der Waals surface area contributed by atoms with Gasteiger partial charge in [-0.3, -0.25) is 14.4 Å². The molecule has 2 aliphatic rings. The first-order valence-electron chi connectivity index (χ1n) is 15.2. The monoisotopic (exact) mass is 585 g/mol. The van der Waals surface area contributed by atoms with Crippen molar-refractivity contribution in [2.24, 2.45) is 5.92 Å². The first kappa shape index (κ1) is 35.0. The summed E-state index contributed by atoms with van der Waals surface area (Å²) < 4.78 is 5.05. The minimum atomic E-state index is -0.571. The number of carbonyl (C=O) groups is 4. The van der Waals surface area contributed by atoms with Gasteiger partial charge in [-0.15, -0.1) is 0 Å². The van der Waals surface area contributed by atoms with E-state index in [9.17, 15) is 19.2 Å². The molecular formula is C32H51N5O5. The molecule has 5 atom stereocenters. The number of hydrogen-bond acceptors (Lipinski definition) is 7. The highest BCUT2D eigenvalue weighted by Crippen LogP contribution is 2.31. The number of likely N-dealkylation sites (N-methyl/N-ethyl adjacent to an activating group) is 1. The van der Waals surface area contributed by atoms with Crippen molar-refractivity contribution in [3.8, 4) is 0 Å². The zero-order chi connectivity index (χ0) is 31.1. The Morgan fingerprint density at radius 3 is 2.55 bits per heavy atom. The molecule has 3 amide bonds. The smallest absolute Gasteiger partial charge is 0.245 e. The number of ether oxygens (including phenoxy) is 1. The highest BCUT2D eigenvalue weighted by Gasteiger charge is 2.43. The summed E-state index contributed by atoms with van der Waals surface area (Å²) in [4.78, 5) is 52.2. The second-order valence-electron chi connectivity index (χ2n) is 11.2. The summed E-state index contributed by atoms with van der Waals surface area (Å²) in [7, 11) is 3.34. The van der Waals surface area contributed by atoms with Gasteiger partial charge in [0.05, 0.1) is 12.5 Å². The van der Waals surface area contributed by atoms with Crippen molar-refractivity contribution >= 4 is 29.7 Å². The maximum absolute atomic E-state index is 13.7. The van der Waals surface area contributed by atoms with Crippen molar-refractivity contribution in [2.45, 2.75) is 103 Å². The normalized spacial score (nSPS) is 21.4. The van der Waals surface area contributed by atoms with Crippen molar-refractivity contribution in [1.29, 1.82) is 0 Å². The molecule has 2 heterocycles. The van der Waals surface area contributed by atoms with Crippen molar-refractivity contribution < 1.29 is 23.9 Å². The Balaban J connectivity index is 0.00000197. The number of anilines is 1. The molecule has 234 valence electrons. The lowest BCUT2D eigenvalue weighted by Gasteiger charge is -2.36. The van der Waals surface area contributed by atoms with Crippen LogP contribution in [0, 0.1) is 5.92 Å². The Bertz CT molecular complexity index is 1050. The molecule has 3 rings (SSSR count). The number of nitrogens with one attached hydrogen (secondary N) is 4. The summed E-state index contributed by atoms with van der Waals surface area (Å²) in [5, 5.41) is 12.3. The topological polar surface area (TPSA) is 129 Å². The van der Waals surface area contributed by atoms with Crippen LogP contribution in [-0.4, -0.2) is 73.8 Å². The maximum atomic E-state index is 13.7. The third-order valence-corrected chi connectivity index (χ3v) is 7.73. The van der Waals surface area contributed by atoms with Crippen LogP contribution in [0.2, 0.25) is 0 Å². The summed E-state index contributed by atoms with van der Waals surface area (Å²) in [5.74, 6) is -1.08. The number of benzene rings is 1. The van der Waals surface area contributed by atoms with E-state index in [1.165, 1.54) is 13.5 Å². The molecule has 0 bridgehead atoms. The molecule has 10 heteroatoms. The fourth-order valence-corrected chi connectivity index (χ4v) is 5.32. The van der Waals surface area contributed by atoms with E-state index in [-0.39, 0.29) is 49.4 Å². The Kier molecular flexibility index (Phi) is 15.3. The Labute approximate surface area is 251 Å². The van der Waals surface area contributed by atoms with E-state index in [4.69, 9.17) is 4.74 Å². The van der Waals surface area contributed by atoms with Crippen LogP contribution in [0.1, 0.15) is 77.7 Å². The second-order valence-corrected chi connectivity index (χ2v) is 11.2. The van der Waals surface area contributed by atoms with Gasteiger partial charge < -0.3 is 35.7 Å². The largest absolute Gasteiger partial charge is 0.384 e. The molecule has 2 aliphatic heterocycles. The van der Waals surface area contributed by atoms with Crippen molar-refractivity contribution in [3.63, 3.8) is 0 Å². The fourth-order valence-electron chi connectivity index (χ4n) is 5.32. The third-order valence-electron chi connectivity index (χ3n) is 7.73. The average molecular weight is 586 g/mol. The molecule has 42 heavy (non-hydrogen) atoms. The number of aldehydes is 1. The van der Waals surface area contributed by atoms with E-state index in [1.807, 2.05) is 24.9 Å². The predicted octanol–water partition coefficient (Wildman–Crippen LogP) is 3.52. The fraction of sp³-hybridized carbons (Fsp3) is 0.625. The molecule has 2 saturated heterocycles. The van der Waals surface area contributed by atoms with E-state index in [2.05, 4.69) is 41.7 Å². The SMILES string of the molecule is C=C(NC1CCCCC2CCC(C(=O)NCc3cccc(NC(=O)C(CC=O)COC)c3)N2C1=O)C(C)NC.CCC. The first-order chi connectivity index (χ1) is 20.2. The molecule has 0 radical (unpaired) electrons. The van der Waals surface area contributed by atoms with Crippen LogP contribution in [0.25, 0.3) is 0 Å². The van der Waals surface area contributed by atoms with E-state index >= 15 is 0 Å². The quantitative estimate of drug-likeness (QED) is 0.261. The number of fused-ring (bicyclic) bond motifs is 1. The van der Waals surface area contributed by atoms with Crippen LogP contribution < -0.4 is 21.3 Å². The van der Waals surface area contributed by atoms with Crippen LogP contribution in [0.4, 0.5) is 5.69 Å². The van der Waals surface area contributed by atoms with E-state index in [0.29, 0.717) is 24.8 Å². The zero-order valence-electron chi connectivity index (χ0n) is 26.0.